The average molecular weight is 349 g/mol. The fraction of sp³-hybridized carbons (Fsp3) is 0.368. The van der Waals surface area contributed by atoms with Crippen molar-refractivity contribution in [2.45, 2.75) is 32.6 Å². The first-order chi connectivity index (χ1) is 11.4. The molecule has 0 aromatic heterocycles. The molecule has 0 aliphatic heterocycles. The molecule has 24 heavy (non-hydrogen) atoms. The van der Waals surface area contributed by atoms with Crippen LogP contribution in [0, 0.1) is 5.82 Å². The molecule has 0 amide bonds. The van der Waals surface area contributed by atoms with Gasteiger partial charge in [0.15, 0.2) is 0 Å². The summed E-state index contributed by atoms with van der Waals surface area (Å²) < 4.78 is 40.2. The Kier molecular flexibility index (Phi) is 6.52. The van der Waals surface area contributed by atoms with Crippen LogP contribution in [0.2, 0.25) is 0 Å². The average Bonchev–Trinajstić information content (AvgIpc) is 2.59. The van der Waals surface area contributed by atoms with Gasteiger partial charge in [0.2, 0.25) is 10.0 Å². The molecule has 5 heteroatoms. The fourth-order valence-corrected chi connectivity index (χ4v) is 3.78. The lowest BCUT2D eigenvalue weighted by Crippen LogP contribution is -2.29. The minimum absolute atomic E-state index is 0.0519. The maximum Gasteiger partial charge on any atom is 0.211 e. The molecular formula is C19H24FNO2S. The van der Waals surface area contributed by atoms with E-state index in [0.717, 1.165) is 17.5 Å². The molecule has 130 valence electrons. The zero-order chi connectivity index (χ0) is 17.6. The Morgan fingerprint density at radius 3 is 2.38 bits per heavy atom. The van der Waals surface area contributed by atoms with E-state index in [-0.39, 0.29) is 17.5 Å². The van der Waals surface area contributed by atoms with Crippen LogP contribution in [-0.2, 0) is 10.0 Å². The largest absolute Gasteiger partial charge is 0.215 e. The highest BCUT2D eigenvalue weighted by molar-refractivity contribution is 7.89. The van der Waals surface area contributed by atoms with E-state index in [0.29, 0.717) is 18.5 Å². The van der Waals surface area contributed by atoms with Crippen molar-refractivity contribution in [2.75, 3.05) is 12.3 Å². The summed E-state index contributed by atoms with van der Waals surface area (Å²) in [6.07, 6.45) is 1.52. The van der Waals surface area contributed by atoms with Crippen molar-refractivity contribution in [1.82, 2.24) is 4.72 Å². The molecule has 0 heterocycles. The van der Waals surface area contributed by atoms with Gasteiger partial charge in [-0.05, 0) is 29.5 Å². The topological polar surface area (TPSA) is 46.2 Å². The molecule has 2 aromatic rings. The van der Waals surface area contributed by atoms with Crippen LogP contribution in [-0.4, -0.2) is 20.7 Å². The highest BCUT2D eigenvalue weighted by Crippen LogP contribution is 2.24. The molecule has 0 saturated heterocycles. The highest BCUT2D eigenvalue weighted by atomic mass is 32.2. The van der Waals surface area contributed by atoms with Crippen molar-refractivity contribution >= 4 is 10.0 Å². The minimum atomic E-state index is -3.20. The maximum atomic E-state index is 13.8. The van der Waals surface area contributed by atoms with Gasteiger partial charge in [-0.3, -0.25) is 0 Å². The second-order valence-corrected chi connectivity index (χ2v) is 7.95. The Hall–Kier alpha value is -1.72. The standard InChI is InChI=1S/C19H24FNO2S/c1-3-4-13-24(22,23)21-14-15(2)16-9-11-17(12-10-16)18-7-5-6-8-19(18)20/h5-12,15,21H,3-4,13-14H2,1-2H3/t15-/m1/s1. The van der Waals surface area contributed by atoms with Crippen molar-refractivity contribution < 1.29 is 12.8 Å². The van der Waals surface area contributed by atoms with Crippen molar-refractivity contribution in [2.24, 2.45) is 0 Å². The van der Waals surface area contributed by atoms with E-state index >= 15 is 0 Å². The van der Waals surface area contributed by atoms with Crippen LogP contribution < -0.4 is 4.72 Å². The molecule has 1 N–H and O–H groups in total. The zero-order valence-corrected chi connectivity index (χ0v) is 14.9. The highest BCUT2D eigenvalue weighted by Gasteiger charge is 2.13. The Balaban J connectivity index is 2.01. The summed E-state index contributed by atoms with van der Waals surface area (Å²) in [5.41, 5.74) is 2.40. The Morgan fingerprint density at radius 1 is 1.08 bits per heavy atom. The summed E-state index contributed by atoms with van der Waals surface area (Å²) >= 11 is 0. The van der Waals surface area contributed by atoms with E-state index < -0.39 is 10.0 Å². The third-order valence-electron chi connectivity index (χ3n) is 4.04. The van der Waals surface area contributed by atoms with Crippen LogP contribution >= 0.6 is 0 Å². The number of hydrogen-bond acceptors (Lipinski definition) is 2. The Labute approximate surface area is 144 Å². The van der Waals surface area contributed by atoms with Gasteiger partial charge >= 0.3 is 0 Å². The van der Waals surface area contributed by atoms with Gasteiger partial charge < -0.3 is 0 Å². The lowest BCUT2D eigenvalue weighted by Gasteiger charge is -2.14. The number of hydrogen-bond donors (Lipinski definition) is 1. The smallest absolute Gasteiger partial charge is 0.211 e. The molecule has 1 atom stereocenters. The summed E-state index contributed by atoms with van der Waals surface area (Å²) in [6, 6.07) is 14.2. The molecular weight excluding hydrogens is 325 g/mol. The summed E-state index contributed by atoms with van der Waals surface area (Å²) in [5, 5.41) is 0. The number of halogens is 1. The van der Waals surface area contributed by atoms with Crippen LogP contribution in [0.3, 0.4) is 0 Å². The van der Waals surface area contributed by atoms with E-state index in [9.17, 15) is 12.8 Å². The monoisotopic (exact) mass is 349 g/mol. The number of sulfonamides is 1. The summed E-state index contributed by atoms with van der Waals surface area (Å²) in [7, 11) is -3.20. The minimum Gasteiger partial charge on any atom is -0.215 e. The number of benzene rings is 2. The van der Waals surface area contributed by atoms with E-state index in [2.05, 4.69) is 4.72 Å². The number of nitrogens with one attached hydrogen (secondary N) is 1. The molecule has 0 aliphatic rings. The predicted octanol–water partition coefficient (Wildman–Crippen LogP) is 4.32. The van der Waals surface area contributed by atoms with Crippen LogP contribution in [0.5, 0.6) is 0 Å². The van der Waals surface area contributed by atoms with Gasteiger partial charge in [-0.15, -0.1) is 0 Å². The summed E-state index contributed by atoms with van der Waals surface area (Å²) in [5.74, 6) is -0.0272. The third-order valence-corrected chi connectivity index (χ3v) is 5.47. The Bertz CT molecular complexity index is 757. The Morgan fingerprint density at radius 2 is 1.75 bits per heavy atom. The van der Waals surface area contributed by atoms with E-state index in [1.807, 2.05) is 38.1 Å². The first kappa shape index (κ1) is 18.6. The number of rotatable bonds is 8. The number of unbranched alkanes of at least 4 members (excludes halogenated alkanes) is 1. The lowest BCUT2D eigenvalue weighted by atomic mass is 9.97. The molecule has 2 aromatic carbocycles. The molecule has 2 rings (SSSR count). The van der Waals surface area contributed by atoms with Crippen molar-refractivity contribution in [3.8, 4) is 11.1 Å². The predicted molar refractivity (Wildman–Crippen MR) is 96.9 cm³/mol. The zero-order valence-electron chi connectivity index (χ0n) is 14.1. The fourth-order valence-electron chi connectivity index (χ4n) is 2.46. The van der Waals surface area contributed by atoms with Crippen LogP contribution in [0.4, 0.5) is 4.39 Å². The normalized spacial score (nSPS) is 13.0. The van der Waals surface area contributed by atoms with E-state index in [1.54, 1.807) is 18.2 Å². The summed E-state index contributed by atoms with van der Waals surface area (Å²) in [6.45, 7) is 4.31. The molecule has 0 fully saturated rings. The van der Waals surface area contributed by atoms with Gasteiger partial charge in [0.05, 0.1) is 5.75 Å². The molecule has 0 aliphatic carbocycles. The van der Waals surface area contributed by atoms with E-state index in [1.165, 1.54) is 6.07 Å². The van der Waals surface area contributed by atoms with Crippen molar-refractivity contribution in [1.29, 1.82) is 0 Å². The third kappa shape index (κ3) is 5.14. The van der Waals surface area contributed by atoms with Gasteiger partial charge in [0.1, 0.15) is 5.82 Å². The van der Waals surface area contributed by atoms with Gasteiger partial charge in [-0.2, -0.15) is 0 Å². The van der Waals surface area contributed by atoms with Crippen LogP contribution in [0.15, 0.2) is 48.5 Å². The maximum absolute atomic E-state index is 13.8. The second kappa shape index (κ2) is 8.40. The second-order valence-electron chi connectivity index (χ2n) is 6.02. The van der Waals surface area contributed by atoms with Crippen LogP contribution in [0.25, 0.3) is 11.1 Å². The summed E-state index contributed by atoms with van der Waals surface area (Å²) in [4.78, 5) is 0. The molecule has 0 spiro atoms. The molecule has 0 saturated carbocycles. The van der Waals surface area contributed by atoms with E-state index in [4.69, 9.17) is 0 Å². The molecule has 0 bridgehead atoms. The van der Waals surface area contributed by atoms with Crippen molar-refractivity contribution in [3.63, 3.8) is 0 Å². The molecule has 0 unspecified atom stereocenters. The van der Waals surface area contributed by atoms with Crippen molar-refractivity contribution in [3.05, 3.63) is 59.9 Å². The van der Waals surface area contributed by atoms with Gasteiger partial charge in [0, 0.05) is 12.1 Å². The quantitative estimate of drug-likeness (QED) is 0.772. The van der Waals surface area contributed by atoms with Gasteiger partial charge in [-0.1, -0.05) is 62.7 Å². The first-order valence-electron chi connectivity index (χ1n) is 8.25. The SMILES string of the molecule is CCCCS(=O)(=O)NC[C@@H](C)c1ccc(-c2ccccc2F)cc1. The van der Waals surface area contributed by atoms with Crippen LogP contribution in [0.1, 0.15) is 38.2 Å². The molecule has 0 radical (unpaired) electrons. The van der Waals surface area contributed by atoms with Gasteiger partial charge in [0.25, 0.3) is 0 Å². The first-order valence-corrected chi connectivity index (χ1v) is 9.90. The molecule has 3 nitrogen and oxygen atoms in total. The lowest BCUT2D eigenvalue weighted by molar-refractivity contribution is 0.571. The van der Waals surface area contributed by atoms with Gasteiger partial charge in [-0.25, -0.2) is 17.5 Å².